The van der Waals surface area contributed by atoms with Crippen LogP contribution in [0, 0.1) is 11.8 Å². The number of hydrogen-bond acceptors (Lipinski definition) is 3. The van der Waals surface area contributed by atoms with Gasteiger partial charge in [-0.3, -0.25) is 4.90 Å². The van der Waals surface area contributed by atoms with Gasteiger partial charge in [0.05, 0.1) is 6.61 Å². The van der Waals surface area contributed by atoms with Crippen LogP contribution in [-0.4, -0.2) is 35.5 Å². The van der Waals surface area contributed by atoms with Crippen molar-refractivity contribution < 1.29 is 9.53 Å². The van der Waals surface area contributed by atoms with E-state index in [1.165, 1.54) is 16.5 Å². The third-order valence-corrected chi connectivity index (χ3v) is 5.32. The molecule has 158 valence electrons. The van der Waals surface area contributed by atoms with Gasteiger partial charge in [0.1, 0.15) is 0 Å². The zero-order valence-electron chi connectivity index (χ0n) is 18.0. The number of allylic oxidation sites excluding steroid dienone is 2. The van der Waals surface area contributed by atoms with Gasteiger partial charge >= 0.3 is 5.97 Å². The van der Waals surface area contributed by atoms with Crippen LogP contribution in [0.4, 0.5) is 0 Å². The van der Waals surface area contributed by atoms with Gasteiger partial charge in [-0.15, -0.1) is 11.8 Å². The lowest BCUT2D eigenvalue weighted by Crippen LogP contribution is -2.25. The topological polar surface area (TPSA) is 45.3 Å². The molecule has 0 saturated heterocycles. The van der Waals surface area contributed by atoms with Crippen LogP contribution in [0.1, 0.15) is 51.0 Å². The van der Waals surface area contributed by atoms with Crippen molar-refractivity contribution in [1.29, 1.82) is 0 Å². The van der Waals surface area contributed by atoms with E-state index in [1.54, 1.807) is 0 Å². The van der Waals surface area contributed by atoms with Crippen molar-refractivity contribution in [3.8, 4) is 11.8 Å². The number of carbonyl (C=O) groups excluding carboxylic acids is 1. The maximum absolute atomic E-state index is 12.1. The Hall–Kier alpha value is -2.77. The number of rotatable bonds is 4. The normalized spacial score (nSPS) is 19.6. The van der Waals surface area contributed by atoms with Crippen LogP contribution in [0.5, 0.6) is 0 Å². The number of ether oxygens (including phenoxy) is 1. The standard InChI is InChI=1S/C26H32N2O2/c1-2-30-26(29)22-14-8-5-3-4-6-12-18-28(19-13-7-9-15-22)21-23-20-27-25-17-11-10-16-24(23)25/h7,9-11,15-17,20,27H,2,4,6,8,12-14,18-19,21H2,1H3/b9-7-,22-15-. The summed E-state index contributed by atoms with van der Waals surface area (Å²) >= 11 is 0. The van der Waals surface area contributed by atoms with E-state index in [9.17, 15) is 4.79 Å². The van der Waals surface area contributed by atoms with Crippen molar-refractivity contribution >= 4 is 16.9 Å². The monoisotopic (exact) mass is 404 g/mol. The van der Waals surface area contributed by atoms with E-state index in [-0.39, 0.29) is 5.97 Å². The lowest BCUT2D eigenvalue weighted by molar-refractivity contribution is -0.138. The van der Waals surface area contributed by atoms with Crippen molar-refractivity contribution in [2.24, 2.45) is 0 Å². The second-order valence-corrected chi connectivity index (χ2v) is 7.58. The molecule has 0 unspecified atom stereocenters. The molecular formula is C26H32N2O2. The van der Waals surface area contributed by atoms with Crippen molar-refractivity contribution in [3.63, 3.8) is 0 Å². The third kappa shape index (κ3) is 6.64. The Bertz CT molecular complexity index is 943. The molecule has 0 atom stereocenters. The van der Waals surface area contributed by atoms with E-state index in [0.29, 0.717) is 25.0 Å². The minimum absolute atomic E-state index is 0.228. The fourth-order valence-electron chi connectivity index (χ4n) is 3.71. The number of benzene rings is 1. The molecule has 0 radical (unpaired) electrons. The highest BCUT2D eigenvalue weighted by Gasteiger charge is 2.10. The van der Waals surface area contributed by atoms with Crippen LogP contribution in [0.15, 0.2) is 54.3 Å². The number of fused-ring (bicyclic) bond motifs is 1. The highest BCUT2D eigenvalue weighted by Crippen LogP contribution is 2.20. The molecule has 0 fully saturated rings. The Morgan fingerprint density at radius 1 is 1.17 bits per heavy atom. The van der Waals surface area contributed by atoms with E-state index in [4.69, 9.17) is 4.74 Å². The molecular weight excluding hydrogens is 372 g/mol. The molecule has 0 aliphatic carbocycles. The molecule has 1 aliphatic heterocycles. The zero-order valence-corrected chi connectivity index (χ0v) is 18.0. The minimum Gasteiger partial charge on any atom is -0.463 e. The first kappa shape index (κ1) is 21.9. The highest BCUT2D eigenvalue weighted by molar-refractivity contribution is 5.88. The Labute approximate surface area is 180 Å². The minimum atomic E-state index is -0.228. The second-order valence-electron chi connectivity index (χ2n) is 7.58. The van der Waals surface area contributed by atoms with Gasteiger partial charge in [-0.2, -0.15) is 0 Å². The van der Waals surface area contributed by atoms with Gasteiger partial charge in [0.25, 0.3) is 0 Å². The molecule has 4 heteroatoms. The van der Waals surface area contributed by atoms with Gasteiger partial charge in [-0.1, -0.05) is 36.4 Å². The summed E-state index contributed by atoms with van der Waals surface area (Å²) in [4.78, 5) is 18.0. The molecule has 0 spiro atoms. The van der Waals surface area contributed by atoms with Gasteiger partial charge in [0, 0.05) is 48.6 Å². The fraction of sp³-hybridized carbons (Fsp3) is 0.423. The van der Waals surface area contributed by atoms with Crippen molar-refractivity contribution in [1.82, 2.24) is 9.88 Å². The predicted octanol–water partition coefficient (Wildman–Crippen LogP) is 5.37. The summed E-state index contributed by atoms with van der Waals surface area (Å²) in [5.74, 6) is 6.24. The van der Waals surface area contributed by atoms with Crippen LogP contribution in [0.2, 0.25) is 0 Å². The van der Waals surface area contributed by atoms with Gasteiger partial charge in [-0.25, -0.2) is 4.79 Å². The van der Waals surface area contributed by atoms with Crippen LogP contribution in [0.3, 0.4) is 0 Å². The van der Waals surface area contributed by atoms with Gasteiger partial charge in [0.2, 0.25) is 0 Å². The number of esters is 1. The summed E-state index contributed by atoms with van der Waals surface area (Å²) < 4.78 is 5.18. The maximum Gasteiger partial charge on any atom is 0.334 e. The average molecular weight is 405 g/mol. The Morgan fingerprint density at radius 3 is 2.93 bits per heavy atom. The van der Waals surface area contributed by atoms with E-state index in [0.717, 1.165) is 45.3 Å². The summed E-state index contributed by atoms with van der Waals surface area (Å²) in [5, 5.41) is 1.30. The highest BCUT2D eigenvalue weighted by atomic mass is 16.5. The van der Waals surface area contributed by atoms with Crippen LogP contribution in [0.25, 0.3) is 10.9 Å². The van der Waals surface area contributed by atoms with E-state index >= 15 is 0 Å². The molecule has 1 N–H and O–H groups in total. The van der Waals surface area contributed by atoms with E-state index in [2.05, 4.69) is 58.3 Å². The molecule has 0 amide bonds. The van der Waals surface area contributed by atoms with Gasteiger partial charge < -0.3 is 9.72 Å². The largest absolute Gasteiger partial charge is 0.463 e. The summed E-state index contributed by atoms with van der Waals surface area (Å²) in [7, 11) is 0. The number of hydrogen-bond donors (Lipinski definition) is 1. The zero-order chi connectivity index (χ0) is 21.0. The molecule has 0 saturated carbocycles. The van der Waals surface area contributed by atoms with Gasteiger partial charge in [-0.05, 0) is 50.8 Å². The van der Waals surface area contributed by atoms with Crippen molar-refractivity contribution in [2.75, 3.05) is 19.7 Å². The van der Waals surface area contributed by atoms with Gasteiger partial charge in [0.15, 0.2) is 0 Å². The fourth-order valence-corrected chi connectivity index (χ4v) is 3.71. The Kier molecular flexibility index (Phi) is 8.80. The lowest BCUT2D eigenvalue weighted by Gasteiger charge is -2.21. The number of nitrogens with zero attached hydrogens (tertiary/aromatic N) is 1. The summed E-state index contributed by atoms with van der Waals surface area (Å²) in [6.45, 7) is 5.23. The smallest absolute Gasteiger partial charge is 0.334 e. The number of carbonyl (C=O) groups is 1. The van der Waals surface area contributed by atoms with Crippen molar-refractivity contribution in [2.45, 2.75) is 52.0 Å². The molecule has 1 aromatic heterocycles. The number of nitrogens with one attached hydrogen (secondary N) is 1. The maximum atomic E-state index is 12.1. The van der Waals surface area contributed by atoms with E-state index in [1.807, 2.05) is 19.1 Å². The Balaban J connectivity index is 1.68. The number of aromatic amines is 1. The molecule has 2 heterocycles. The predicted molar refractivity (Wildman–Crippen MR) is 123 cm³/mol. The van der Waals surface area contributed by atoms with E-state index < -0.39 is 0 Å². The Morgan fingerprint density at radius 2 is 2.03 bits per heavy atom. The van der Waals surface area contributed by atoms with Crippen LogP contribution < -0.4 is 0 Å². The summed E-state index contributed by atoms with van der Waals surface area (Å²) in [5.41, 5.74) is 3.24. The number of H-pyrrole nitrogens is 1. The third-order valence-electron chi connectivity index (χ3n) is 5.32. The first-order chi connectivity index (χ1) is 14.8. The lowest BCUT2D eigenvalue weighted by atomic mass is 10.1. The molecule has 1 aliphatic rings. The summed E-state index contributed by atoms with van der Waals surface area (Å²) in [6, 6.07) is 8.47. The first-order valence-corrected chi connectivity index (χ1v) is 11.0. The molecule has 2 aromatic rings. The quantitative estimate of drug-likeness (QED) is 0.550. The molecule has 30 heavy (non-hydrogen) atoms. The molecule has 3 rings (SSSR count). The number of aromatic nitrogens is 1. The van der Waals surface area contributed by atoms with Crippen molar-refractivity contribution in [3.05, 3.63) is 59.8 Å². The number of para-hydroxylation sites is 1. The average Bonchev–Trinajstić information content (AvgIpc) is 3.15. The SMILES string of the molecule is CCOC(=O)/C1=C\C=C/CCN(Cc2c[nH]c3ccccc23)CCCCC#CCC1. The molecule has 4 nitrogen and oxygen atoms in total. The van der Waals surface area contributed by atoms with Crippen LogP contribution >= 0.6 is 0 Å². The first-order valence-electron chi connectivity index (χ1n) is 11.0. The molecule has 1 aromatic carbocycles. The van der Waals surface area contributed by atoms with Crippen LogP contribution in [-0.2, 0) is 16.1 Å². The molecule has 0 bridgehead atoms. The second kappa shape index (κ2) is 12.0. The summed E-state index contributed by atoms with van der Waals surface area (Å²) in [6.07, 6.45) is 13.6.